The highest BCUT2D eigenvalue weighted by atomic mass is 35.5. The minimum atomic E-state index is -1.14. The lowest BCUT2D eigenvalue weighted by Crippen LogP contribution is -2.37. The van der Waals surface area contributed by atoms with Gasteiger partial charge in [0.1, 0.15) is 25.5 Å². The van der Waals surface area contributed by atoms with Crippen LogP contribution in [-0.4, -0.2) is 59.3 Å². The Morgan fingerprint density at radius 2 is 1.89 bits per heavy atom. The van der Waals surface area contributed by atoms with Gasteiger partial charge < -0.3 is 25.2 Å². The summed E-state index contributed by atoms with van der Waals surface area (Å²) in [5, 5.41) is 19.3. The molecule has 2 heterocycles. The maximum Gasteiger partial charge on any atom is 0.414 e. The van der Waals surface area contributed by atoms with Crippen molar-refractivity contribution in [3.63, 3.8) is 0 Å². The van der Waals surface area contributed by atoms with Crippen LogP contribution in [0.5, 0.6) is 5.75 Å². The van der Waals surface area contributed by atoms with Gasteiger partial charge in [0, 0.05) is 39.6 Å². The minimum Gasteiger partial charge on any atom is -0.490 e. The number of hydrogen-bond acceptors (Lipinski definition) is 6. The van der Waals surface area contributed by atoms with E-state index in [0.29, 0.717) is 52.0 Å². The monoisotopic (exact) mass is 663 g/mol. The van der Waals surface area contributed by atoms with E-state index in [1.807, 2.05) is 43.5 Å². The van der Waals surface area contributed by atoms with Gasteiger partial charge in [0.05, 0.1) is 18.4 Å². The number of anilines is 2. The molecule has 4 aromatic rings. The zero-order valence-corrected chi connectivity index (χ0v) is 26.3. The van der Waals surface area contributed by atoms with Crippen LogP contribution in [0.3, 0.4) is 0 Å². The topological polar surface area (TPSA) is 135 Å². The van der Waals surface area contributed by atoms with Crippen molar-refractivity contribution in [3.8, 4) is 16.9 Å². The average Bonchev–Trinajstić information content (AvgIpc) is 3.69. The van der Waals surface area contributed by atoms with E-state index in [1.165, 1.54) is 0 Å². The molecule has 0 radical (unpaired) electrons. The first-order chi connectivity index (χ1) is 22.2. The molecule has 2 aliphatic rings. The number of fused-ring (bicyclic) bond motifs is 3. The molecule has 238 valence electrons. The van der Waals surface area contributed by atoms with Gasteiger partial charge in [-0.05, 0) is 78.3 Å². The molecular formula is C33H31Cl2N5O6. The summed E-state index contributed by atoms with van der Waals surface area (Å²) in [6.07, 6.45) is 4.30. The van der Waals surface area contributed by atoms with Crippen LogP contribution in [0.1, 0.15) is 29.0 Å². The number of ether oxygens (including phenoxy) is 2. The number of rotatable bonds is 10. The van der Waals surface area contributed by atoms with Crippen molar-refractivity contribution >= 4 is 52.7 Å². The van der Waals surface area contributed by atoms with Crippen LogP contribution in [0.25, 0.3) is 11.1 Å². The van der Waals surface area contributed by atoms with Crippen molar-refractivity contribution in [1.82, 2.24) is 15.1 Å². The molecule has 1 aliphatic carbocycles. The van der Waals surface area contributed by atoms with Crippen molar-refractivity contribution < 1.29 is 29.0 Å². The Bertz CT molecular complexity index is 1810. The fourth-order valence-electron chi connectivity index (χ4n) is 5.71. The number of urea groups is 1. The number of carboxylic acid groups (broad SMARTS) is 1. The summed E-state index contributed by atoms with van der Waals surface area (Å²) in [5.41, 5.74) is 5.87. The summed E-state index contributed by atoms with van der Waals surface area (Å²) in [4.78, 5) is 37.7. The zero-order valence-electron chi connectivity index (χ0n) is 24.8. The Hall–Kier alpha value is -4.74. The molecule has 3 amide bonds. The molecule has 11 nitrogen and oxygen atoms in total. The van der Waals surface area contributed by atoms with Crippen molar-refractivity contribution in [1.29, 1.82) is 0 Å². The number of aliphatic carboxylic acids is 1. The fourth-order valence-corrected chi connectivity index (χ4v) is 6.05. The first kappa shape index (κ1) is 31.3. The van der Waals surface area contributed by atoms with Crippen LogP contribution >= 0.6 is 23.2 Å². The number of carbonyl (C=O) groups is 3. The Morgan fingerprint density at radius 3 is 2.72 bits per heavy atom. The van der Waals surface area contributed by atoms with E-state index in [-0.39, 0.29) is 13.2 Å². The number of carboxylic acids is 1. The Labute approximate surface area is 275 Å². The van der Waals surface area contributed by atoms with E-state index in [4.69, 9.17) is 37.8 Å². The van der Waals surface area contributed by atoms with Crippen LogP contribution in [-0.2, 0) is 16.1 Å². The predicted molar refractivity (Wildman–Crippen MR) is 174 cm³/mol. The second-order valence-corrected chi connectivity index (χ2v) is 12.0. The van der Waals surface area contributed by atoms with Gasteiger partial charge in [-0.3, -0.25) is 14.4 Å². The summed E-state index contributed by atoms with van der Waals surface area (Å²) >= 11 is 12.6. The molecule has 0 unspecified atom stereocenters. The normalized spacial score (nSPS) is 16.2. The molecule has 2 atom stereocenters. The maximum atomic E-state index is 13.2. The van der Waals surface area contributed by atoms with Gasteiger partial charge >= 0.3 is 18.1 Å². The molecule has 3 N–H and O–H groups in total. The third kappa shape index (κ3) is 6.90. The van der Waals surface area contributed by atoms with E-state index >= 15 is 0 Å². The molecule has 46 heavy (non-hydrogen) atoms. The third-order valence-electron chi connectivity index (χ3n) is 8.07. The third-order valence-corrected chi connectivity index (χ3v) is 8.85. The number of carbonyl (C=O) groups excluding carboxylic acids is 2. The molecule has 1 aliphatic heterocycles. The Balaban J connectivity index is 1.13. The summed E-state index contributed by atoms with van der Waals surface area (Å²) in [5.74, 6) is 0.238. The van der Waals surface area contributed by atoms with Crippen LogP contribution in [0.15, 0.2) is 67.0 Å². The number of benzene rings is 3. The van der Waals surface area contributed by atoms with Gasteiger partial charge in [0.2, 0.25) is 0 Å². The first-order valence-corrected chi connectivity index (χ1v) is 15.5. The van der Waals surface area contributed by atoms with Gasteiger partial charge in [-0.25, -0.2) is 9.59 Å². The molecule has 1 fully saturated rings. The van der Waals surface area contributed by atoms with Crippen molar-refractivity contribution in [3.05, 3.63) is 93.7 Å². The van der Waals surface area contributed by atoms with E-state index in [0.717, 1.165) is 34.4 Å². The van der Waals surface area contributed by atoms with Gasteiger partial charge in [0.25, 0.3) is 0 Å². The second kappa shape index (κ2) is 13.3. The number of aromatic nitrogens is 2. The molecular weight excluding hydrogens is 633 g/mol. The molecule has 3 aromatic carbocycles. The van der Waals surface area contributed by atoms with Gasteiger partial charge in [-0.1, -0.05) is 41.4 Å². The first-order valence-electron chi connectivity index (χ1n) is 14.7. The summed E-state index contributed by atoms with van der Waals surface area (Å²) in [6, 6.07) is 15.7. The van der Waals surface area contributed by atoms with Crippen LogP contribution in [0.2, 0.25) is 10.0 Å². The fraction of sp³-hybridized carbons (Fsp3) is 0.273. The quantitative estimate of drug-likeness (QED) is 0.164. The highest BCUT2D eigenvalue weighted by Gasteiger charge is 2.48. The molecule has 1 aromatic heterocycles. The van der Waals surface area contributed by atoms with E-state index < -0.39 is 24.6 Å². The highest BCUT2D eigenvalue weighted by molar-refractivity contribution is 6.31. The Morgan fingerprint density at radius 1 is 1.07 bits per heavy atom. The lowest BCUT2D eigenvalue weighted by atomic mass is 9.93. The van der Waals surface area contributed by atoms with Gasteiger partial charge in [-0.15, -0.1) is 0 Å². The lowest BCUT2D eigenvalue weighted by Gasteiger charge is -2.29. The van der Waals surface area contributed by atoms with Crippen LogP contribution < -0.4 is 20.3 Å². The predicted octanol–water partition coefficient (Wildman–Crippen LogP) is 6.56. The van der Waals surface area contributed by atoms with Gasteiger partial charge in [0.15, 0.2) is 0 Å². The SMILES string of the molecule is Cc1c(Cl)cccc1OCCOC(=O)N1C[C@@H]2C[C@@H]2c2c(-c3cnn(Cc4cc(NC(=O)NCC(=O)O)ccc4Cl)c3)cccc21. The minimum absolute atomic E-state index is 0.101. The zero-order chi connectivity index (χ0) is 32.4. The highest BCUT2D eigenvalue weighted by Crippen LogP contribution is 2.57. The molecule has 0 spiro atoms. The smallest absolute Gasteiger partial charge is 0.414 e. The number of nitrogens with zero attached hydrogens (tertiary/aromatic N) is 3. The number of halogens is 2. The summed E-state index contributed by atoms with van der Waals surface area (Å²) < 4.78 is 13.2. The summed E-state index contributed by atoms with van der Waals surface area (Å²) in [6.45, 7) is 2.63. The molecule has 0 saturated heterocycles. The standard InChI is InChI=1S/C33H31Cl2N5O6/c1-19-26(34)5-3-7-29(19)45-10-11-46-33(44)40-18-20-13-25(20)31-24(4-2-6-28(31)40)22-14-37-39(17-22)16-21-12-23(8-9-27(21)35)38-32(43)36-15-30(41)42/h2-9,12,14,17,20,25H,10-11,13,15-16,18H2,1H3,(H,41,42)(H2,36,38,43)/t20-,25-/m0/s1. The number of nitrogens with one attached hydrogen (secondary N) is 2. The number of hydrogen-bond donors (Lipinski definition) is 3. The molecule has 6 rings (SSSR count). The average molecular weight is 665 g/mol. The van der Waals surface area contributed by atoms with E-state index in [1.54, 1.807) is 40.0 Å². The van der Waals surface area contributed by atoms with Crippen molar-refractivity contribution in [2.24, 2.45) is 5.92 Å². The Kier molecular flexibility index (Phi) is 9.05. The van der Waals surface area contributed by atoms with Gasteiger partial charge in [-0.2, -0.15) is 5.10 Å². The number of amides is 3. The van der Waals surface area contributed by atoms with Crippen LogP contribution in [0, 0.1) is 12.8 Å². The summed E-state index contributed by atoms with van der Waals surface area (Å²) in [7, 11) is 0. The van der Waals surface area contributed by atoms with E-state index in [9.17, 15) is 14.4 Å². The maximum absolute atomic E-state index is 13.2. The molecule has 0 bridgehead atoms. The second-order valence-electron chi connectivity index (χ2n) is 11.2. The van der Waals surface area contributed by atoms with Crippen molar-refractivity contribution in [2.45, 2.75) is 25.8 Å². The van der Waals surface area contributed by atoms with Crippen molar-refractivity contribution in [2.75, 3.05) is 36.5 Å². The molecule has 1 saturated carbocycles. The molecule has 13 heteroatoms. The van der Waals surface area contributed by atoms with E-state index in [2.05, 4.69) is 15.7 Å². The largest absolute Gasteiger partial charge is 0.490 e. The lowest BCUT2D eigenvalue weighted by molar-refractivity contribution is -0.135. The van der Waals surface area contributed by atoms with Crippen LogP contribution in [0.4, 0.5) is 21.0 Å².